The number of hydrogen-bond acceptors (Lipinski definition) is 3. The van der Waals surface area contributed by atoms with E-state index in [1.807, 2.05) is 35.8 Å². The number of rotatable bonds is 4. The standard InChI is InChI=1S/C19H18ClNO2S/c1-4-21-16-10-5-12(2)11-15(16)18(17(21)19(22)23-3)24-14-8-6-13(20)7-9-14/h5-11H,4H2,1-3H3. The van der Waals surface area contributed by atoms with Crippen molar-refractivity contribution in [1.29, 1.82) is 0 Å². The number of aromatic nitrogens is 1. The Hall–Kier alpha value is -1.91. The van der Waals surface area contributed by atoms with Gasteiger partial charge >= 0.3 is 5.97 Å². The Balaban J connectivity index is 2.24. The van der Waals surface area contributed by atoms with Crippen LogP contribution in [-0.4, -0.2) is 17.6 Å². The highest BCUT2D eigenvalue weighted by Crippen LogP contribution is 2.39. The number of nitrogens with zero attached hydrogens (tertiary/aromatic N) is 1. The summed E-state index contributed by atoms with van der Waals surface area (Å²) in [7, 11) is 1.42. The molecule has 0 amide bonds. The first-order valence-electron chi connectivity index (χ1n) is 7.69. The van der Waals surface area contributed by atoms with Crippen LogP contribution in [0.2, 0.25) is 5.02 Å². The molecule has 0 unspecified atom stereocenters. The van der Waals surface area contributed by atoms with Crippen LogP contribution >= 0.6 is 23.4 Å². The van der Waals surface area contributed by atoms with Crippen LogP contribution in [0, 0.1) is 6.92 Å². The second kappa shape index (κ2) is 6.91. The molecule has 0 atom stereocenters. The van der Waals surface area contributed by atoms with Crippen molar-refractivity contribution in [3.05, 3.63) is 58.7 Å². The largest absolute Gasteiger partial charge is 0.464 e. The molecular formula is C19H18ClNO2S. The molecule has 0 saturated heterocycles. The number of carbonyl (C=O) groups is 1. The first-order valence-corrected chi connectivity index (χ1v) is 8.89. The molecule has 0 bridgehead atoms. The second-order valence-electron chi connectivity index (χ2n) is 5.49. The van der Waals surface area contributed by atoms with Gasteiger partial charge in [-0.15, -0.1) is 0 Å². The molecule has 0 radical (unpaired) electrons. The number of fused-ring (bicyclic) bond motifs is 1. The van der Waals surface area contributed by atoms with E-state index < -0.39 is 0 Å². The summed E-state index contributed by atoms with van der Waals surface area (Å²) in [5.74, 6) is -0.317. The predicted octanol–water partition coefficient (Wildman–Crippen LogP) is 5.56. The van der Waals surface area contributed by atoms with Crippen LogP contribution < -0.4 is 0 Å². The maximum Gasteiger partial charge on any atom is 0.355 e. The molecule has 1 aromatic heterocycles. The molecule has 1 heterocycles. The molecule has 0 spiro atoms. The Morgan fingerprint density at radius 1 is 1.21 bits per heavy atom. The van der Waals surface area contributed by atoms with Crippen molar-refractivity contribution in [1.82, 2.24) is 4.57 Å². The van der Waals surface area contributed by atoms with Gasteiger partial charge in [0.2, 0.25) is 0 Å². The number of benzene rings is 2. The summed E-state index contributed by atoms with van der Waals surface area (Å²) in [6.45, 7) is 4.78. The lowest BCUT2D eigenvalue weighted by Gasteiger charge is -2.08. The van der Waals surface area contributed by atoms with E-state index in [2.05, 4.69) is 25.1 Å². The molecule has 124 valence electrons. The highest BCUT2D eigenvalue weighted by molar-refractivity contribution is 7.99. The fourth-order valence-electron chi connectivity index (χ4n) is 2.79. The zero-order valence-electron chi connectivity index (χ0n) is 13.8. The van der Waals surface area contributed by atoms with Crippen molar-refractivity contribution in [3.63, 3.8) is 0 Å². The maximum atomic E-state index is 12.4. The smallest absolute Gasteiger partial charge is 0.355 e. The number of halogens is 1. The molecule has 0 aliphatic carbocycles. The Kier molecular flexibility index (Phi) is 4.88. The van der Waals surface area contributed by atoms with Crippen LogP contribution in [0.3, 0.4) is 0 Å². The molecule has 0 fully saturated rings. The Bertz CT molecular complexity index is 900. The number of methoxy groups -OCH3 is 1. The van der Waals surface area contributed by atoms with Crippen molar-refractivity contribution in [3.8, 4) is 0 Å². The van der Waals surface area contributed by atoms with Crippen molar-refractivity contribution < 1.29 is 9.53 Å². The van der Waals surface area contributed by atoms with Crippen molar-refractivity contribution in [2.75, 3.05) is 7.11 Å². The second-order valence-corrected chi connectivity index (χ2v) is 7.01. The quantitative estimate of drug-likeness (QED) is 0.571. The summed E-state index contributed by atoms with van der Waals surface area (Å²) in [6, 6.07) is 13.9. The molecule has 0 aliphatic heterocycles. The van der Waals surface area contributed by atoms with E-state index in [1.54, 1.807) is 11.8 Å². The molecule has 2 aromatic carbocycles. The molecule has 3 aromatic rings. The Labute approximate surface area is 150 Å². The van der Waals surface area contributed by atoms with E-state index in [-0.39, 0.29) is 5.97 Å². The van der Waals surface area contributed by atoms with Gasteiger partial charge in [0.1, 0.15) is 5.69 Å². The number of aryl methyl sites for hydroxylation is 2. The van der Waals surface area contributed by atoms with Gasteiger partial charge in [-0.2, -0.15) is 0 Å². The van der Waals surface area contributed by atoms with Crippen LogP contribution in [0.25, 0.3) is 10.9 Å². The number of hydrogen-bond donors (Lipinski definition) is 0. The van der Waals surface area contributed by atoms with Gasteiger partial charge in [0.15, 0.2) is 0 Å². The van der Waals surface area contributed by atoms with Gasteiger partial charge in [-0.3, -0.25) is 0 Å². The van der Waals surface area contributed by atoms with E-state index in [0.29, 0.717) is 17.3 Å². The van der Waals surface area contributed by atoms with E-state index >= 15 is 0 Å². The predicted molar refractivity (Wildman–Crippen MR) is 99.3 cm³/mol. The third-order valence-corrected chi connectivity index (χ3v) is 5.28. The fourth-order valence-corrected chi connectivity index (χ4v) is 3.99. The average molecular weight is 360 g/mol. The molecular weight excluding hydrogens is 342 g/mol. The van der Waals surface area contributed by atoms with Crippen LogP contribution in [0.1, 0.15) is 23.0 Å². The minimum atomic E-state index is -0.317. The highest BCUT2D eigenvalue weighted by atomic mass is 35.5. The van der Waals surface area contributed by atoms with Gasteiger partial charge in [-0.05, 0) is 50.2 Å². The van der Waals surface area contributed by atoms with Gasteiger partial charge in [-0.25, -0.2) is 4.79 Å². The fraction of sp³-hybridized carbons (Fsp3) is 0.211. The number of ether oxygens (including phenoxy) is 1. The first kappa shape index (κ1) is 16.9. The van der Waals surface area contributed by atoms with E-state index in [4.69, 9.17) is 16.3 Å². The van der Waals surface area contributed by atoms with Crippen molar-refractivity contribution in [2.45, 2.75) is 30.2 Å². The van der Waals surface area contributed by atoms with Crippen LogP contribution in [-0.2, 0) is 11.3 Å². The molecule has 0 N–H and O–H groups in total. The van der Waals surface area contributed by atoms with E-state index in [9.17, 15) is 4.79 Å². The summed E-state index contributed by atoms with van der Waals surface area (Å²) >= 11 is 7.53. The van der Waals surface area contributed by atoms with E-state index in [0.717, 1.165) is 26.3 Å². The molecule has 0 aliphatic rings. The summed E-state index contributed by atoms with van der Waals surface area (Å²) in [6.07, 6.45) is 0. The normalized spacial score (nSPS) is 11.0. The van der Waals surface area contributed by atoms with Gasteiger partial charge in [-0.1, -0.05) is 35.0 Å². The Morgan fingerprint density at radius 2 is 1.92 bits per heavy atom. The lowest BCUT2D eigenvalue weighted by Crippen LogP contribution is -2.10. The van der Waals surface area contributed by atoms with Crippen LogP contribution in [0.15, 0.2) is 52.3 Å². The summed E-state index contributed by atoms with van der Waals surface area (Å²) in [4.78, 5) is 14.4. The van der Waals surface area contributed by atoms with Crippen molar-refractivity contribution >= 4 is 40.2 Å². The van der Waals surface area contributed by atoms with Crippen LogP contribution in [0.5, 0.6) is 0 Å². The zero-order valence-corrected chi connectivity index (χ0v) is 15.4. The maximum absolute atomic E-state index is 12.4. The molecule has 24 heavy (non-hydrogen) atoms. The molecule has 3 nitrogen and oxygen atoms in total. The number of esters is 1. The third kappa shape index (κ3) is 3.04. The number of carbonyl (C=O) groups excluding carboxylic acids is 1. The van der Waals surface area contributed by atoms with Gasteiger partial charge in [0.05, 0.1) is 12.0 Å². The zero-order chi connectivity index (χ0) is 17.3. The first-order chi connectivity index (χ1) is 11.5. The summed E-state index contributed by atoms with van der Waals surface area (Å²) < 4.78 is 7.05. The lowest BCUT2D eigenvalue weighted by molar-refractivity contribution is 0.0585. The minimum absolute atomic E-state index is 0.317. The van der Waals surface area contributed by atoms with Gasteiger partial charge in [0.25, 0.3) is 0 Å². The minimum Gasteiger partial charge on any atom is -0.464 e. The summed E-state index contributed by atoms with van der Waals surface area (Å²) in [5.41, 5.74) is 2.80. The molecule has 5 heteroatoms. The molecule has 0 saturated carbocycles. The lowest BCUT2D eigenvalue weighted by atomic mass is 10.2. The van der Waals surface area contributed by atoms with E-state index in [1.165, 1.54) is 7.11 Å². The Morgan fingerprint density at radius 3 is 2.54 bits per heavy atom. The monoisotopic (exact) mass is 359 g/mol. The molecule has 3 rings (SSSR count). The van der Waals surface area contributed by atoms with Gasteiger partial charge in [0, 0.05) is 27.4 Å². The van der Waals surface area contributed by atoms with Gasteiger partial charge < -0.3 is 9.30 Å². The average Bonchev–Trinajstić information content (AvgIpc) is 2.89. The summed E-state index contributed by atoms with van der Waals surface area (Å²) in [5, 5.41) is 1.76. The SMILES string of the molecule is CCn1c(C(=O)OC)c(Sc2ccc(Cl)cc2)c2cc(C)ccc21. The highest BCUT2D eigenvalue weighted by Gasteiger charge is 2.23. The topological polar surface area (TPSA) is 31.2 Å². The van der Waals surface area contributed by atoms with Crippen LogP contribution in [0.4, 0.5) is 0 Å². The van der Waals surface area contributed by atoms with Crippen molar-refractivity contribution in [2.24, 2.45) is 0 Å². The third-order valence-electron chi connectivity index (χ3n) is 3.90.